The number of ketones is 1. The zero-order valence-corrected chi connectivity index (χ0v) is 21.8. The molecular weight excluding hydrogens is 466 g/mol. The number of rotatable bonds is 9. The zero-order valence-electron chi connectivity index (χ0n) is 21.8. The third kappa shape index (κ3) is 5.88. The van der Waals surface area contributed by atoms with Crippen molar-refractivity contribution in [3.63, 3.8) is 0 Å². The molecule has 2 aromatic rings. The number of aliphatic imine (C=N–C) groups is 1. The zero-order chi connectivity index (χ0) is 26.5. The number of ether oxygens (including phenoxy) is 1. The average Bonchev–Trinajstić information content (AvgIpc) is 3.61. The standard InChI is InChI=1S/C30H35N3O4/c1-19(2)25(16-29(35)37-3)30(36)33-14-4-5-27(33)26-15-24(18-32-26)22-8-6-20(7-9-22)21-10-12-23(13-11-21)28(34)17-31/h6-13,18-19,25,27H,4-5,14-17,31H2,1-3H3/t25-,27-/m0/s1. The van der Waals surface area contributed by atoms with Gasteiger partial charge in [-0.25, -0.2) is 0 Å². The second-order valence-corrected chi connectivity index (χ2v) is 10.1. The minimum atomic E-state index is -0.391. The summed E-state index contributed by atoms with van der Waals surface area (Å²) < 4.78 is 4.83. The lowest BCUT2D eigenvalue weighted by Crippen LogP contribution is -2.45. The first kappa shape index (κ1) is 26.5. The van der Waals surface area contributed by atoms with Crippen molar-refractivity contribution in [2.24, 2.45) is 22.6 Å². The fourth-order valence-corrected chi connectivity index (χ4v) is 5.13. The summed E-state index contributed by atoms with van der Waals surface area (Å²) >= 11 is 0. The SMILES string of the molecule is COC(=O)C[C@H](C(=O)N1CCC[C@H]1C1=NC=C(c2ccc(-c3ccc(C(=O)CN)cc3)cc2)C1)C(C)C. The van der Waals surface area contributed by atoms with E-state index >= 15 is 0 Å². The number of amides is 1. The number of hydrogen-bond donors (Lipinski definition) is 1. The van der Waals surface area contributed by atoms with Crippen LogP contribution in [0.1, 0.15) is 55.5 Å². The summed E-state index contributed by atoms with van der Waals surface area (Å²) in [5, 5.41) is 0. The number of hydrogen-bond acceptors (Lipinski definition) is 6. The monoisotopic (exact) mass is 501 g/mol. The van der Waals surface area contributed by atoms with E-state index in [4.69, 9.17) is 15.5 Å². The number of carbonyl (C=O) groups excluding carboxylic acids is 3. The van der Waals surface area contributed by atoms with Crippen LogP contribution in [0.3, 0.4) is 0 Å². The molecule has 0 unspecified atom stereocenters. The van der Waals surface area contributed by atoms with Crippen molar-refractivity contribution in [3.05, 3.63) is 65.9 Å². The largest absolute Gasteiger partial charge is 0.469 e. The Bertz CT molecular complexity index is 1210. The molecule has 2 N–H and O–H groups in total. The first-order valence-corrected chi connectivity index (χ1v) is 12.9. The van der Waals surface area contributed by atoms with Crippen LogP contribution in [-0.4, -0.2) is 54.5 Å². The lowest BCUT2D eigenvalue weighted by molar-refractivity contribution is -0.148. The van der Waals surface area contributed by atoms with E-state index in [1.807, 2.05) is 49.2 Å². The van der Waals surface area contributed by atoms with Crippen LogP contribution in [0, 0.1) is 11.8 Å². The normalized spacial score (nSPS) is 18.0. The van der Waals surface area contributed by atoms with Crippen molar-refractivity contribution in [2.75, 3.05) is 20.2 Å². The van der Waals surface area contributed by atoms with Gasteiger partial charge in [-0.2, -0.15) is 0 Å². The van der Waals surface area contributed by atoms with E-state index in [2.05, 4.69) is 24.3 Å². The molecule has 1 amide bonds. The van der Waals surface area contributed by atoms with Crippen LogP contribution in [0.2, 0.25) is 0 Å². The maximum Gasteiger partial charge on any atom is 0.306 e. The van der Waals surface area contributed by atoms with Crippen LogP contribution in [0.15, 0.2) is 59.7 Å². The first-order valence-electron chi connectivity index (χ1n) is 12.9. The first-order chi connectivity index (χ1) is 17.8. The molecule has 0 aliphatic carbocycles. The van der Waals surface area contributed by atoms with Gasteiger partial charge >= 0.3 is 5.97 Å². The quantitative estimate of drug-likeness (QED) is 0.402. The molecule has 2 aliphatic rings. The fraction of sp³-hybridized carbons (Fsp3) is 0.400. The van der Waals surface area contributed by atoms with Gasteiger partial charge in [0, 0.05) is 30.4 Å². The Kier molecular flexibility index (Phi) is 8.34. The van der Waals surface area contributed by atoms with E-state index in [1.54, 1.807) is 0 Å². The number of methoxy groups -OCH3 is 1. The number of likely N-dealkylation sites (tertiary alicyclic amines) is 1. The van der Waals surface area contributed by atoms with Gasteiger partial charge in [0.05, 0.1) is 32.0 Å². The number of nitrogens with zero attached hydrogens (tertiary/aromatic N) is 2. The molecule has 0 aromatic heterocycles. The summed E-state index contributed by atoms with van der Waals surface area (Å²) in [6, 6.07) is 15.8. The van der Waals surface area contributed by atoms with E-state index in [1.165, 1.54) is 7.11 Å². The van der Waals surface area contributed by atoms with E-state index in [0.717, 1.165) is 40.8 Å². The van der Waals surface area contributed by atoms with Crippen molar-refractivity contribution in [1.29, 1.82) is 0 Å². The smallest absolute Gasteiger partial charge is 0.306 e. The highest BCUT2D eigenvalue weighted by molar-refractivity contribution is 6.03. The van der Waals surface area contributed by atoms with Crippen LogP contribution in [0.25, 0.3) is 16.7 Å². The van der Waals surface area contributed by atoms with Gasteiger partial charge in [0.2, 0.25) is 5.91 Å². The highest BCUT2D eigenvalue weighted by atomic mass is 16.5. The summed E-state index contributed by atoms with van der Waals surface area (Å²) in [6.45, 7) is 4.64. The predicted molar refractivity (Wildman–Crippen MR) is 145 cm³/mol. The predicted octanol–water partition coefficient (Wildman–Crippen LogP) is 4.51. The maximum absolute atomic E-state index is 13.4. The van der Waals surface area contributed by atoms with Crippen molar-refractivity contribution < 1.29 is 19.1 Å². The van der Waals surface area contributed by atoms with Crippen molar-refractivity contribution >= 4 is 28.9 Å². The van der Waals surface area contributed by atoms with Crippen molar-refractivity contribution in [1.82, 2.24) is 4.90 Å². The van der Waals surface area contributed by atoms with Gasteiger partial charge in [-0.1, -0.05) is 62.4 Å². The minimum absolute atomic E-state index is 0.00575. The Hall–Kier alpha value is -3.58. The Labute approximate surface area is 218 Å². The molecule has 7 nitrogen and oxygen atoms in total. The van der Waals surface area contributed by atoms with E-state index in [-0.39, 0.29) is 42.6 Å². The molecule has 0 radical (unpaired) electrons. The van der Waals surface area contributed by atoms with Gasteiger partial charge in [-0.05, 0) is 41.0 Å². The summed E-state index contributed by atoms with van der Waals surface area (Å²) in [5.41, 5.74) is 11.4. The lowest BCUT2D eigenvalue weighted by Gasteiger charge is -2.30. The second kappa shape index (κ2) is 11.6. The average molecular weight is 502 g/mol. The number of allylic oxidation sites excluding steroid dienone is 1. The van der Waals surface area contributed by atoms with Gasteiger partial charge in [-0.15, -0.1) is 0 Å². The molecule has 0 saturated carbocycles. The van der Waals surface area contributed by atoms with Crippen LogP contribution < -0.4 is 5.73 Å². The van der Waals surface area contributed by atoms with Gasteiger partial charge in [0.25, 0.3) is 0 Å². The molecule has 1 fully saturated rings. The number of Topliss-reactive ketones (excluding diaryl/α,β-unsaturated/α-hetero) is 1. The molecule has 4 rings (SSSR count). The maximum atomic E-state index is 13.4. The summed E-state index contributed by atoms with van der Waals surface area (Å²) in [7, 11) is 1.36. The van der Waals surface area contributed by atoms with Crippen LogP contribution >= 0.6 is 0 Å². The molecule has 0 bridgehead atoms. The molecule has 2 atom stereocenters. The molecule has 0 spiro atoms. The Morgan fingerprint density at radius 3 is 2.24 bits per heavy atom. The highest BCUT2D eigenvalue weighted by Crippen LogP contribution is 2.33. The summed E-state index contributed by atoms with van der Waals surface area (Å²) in [5.74, 6) is -0.756. The summed E-state index contributed by atoms with van der Waals surface area (Å²) in [4.78, 5) is 43.8. The molecule has 1 saturated heterocycles. The molecular formula is C30H35N3O4. The molecule has 194 valence electrons. The summed E-state index contributed by atoms with van der Waals surface area (Å²) in [6.07, 6.45) is 4.53. The Balaban J connectivity index is 1.41. The van der Waals surface area contributed by atoms with E-state index in [9.17, 15) is 14.4 Å². The number of nitrogens with two attached hydrogens (primary N) is 1. The topological polar surface area (TPSA) is 102 Å². The third-order valence-electron chi connectivity index (χ3n) is 7.40. The van der Waals surface area contributed by atoms with Gasteiger partial charge in [-0.3, -0.25) is 19.4 Å². The van der Waals surface area contributed by atoms with Gasteiger partial charge in [0.15, 0.2) is 5.78 Å². The molecule has 7 heteroatoms. The number of benzene rings is 2. The molecule has 2 aromatic carbocycles. The van der Waals surface area contributed by atoms with Crippen molar-refractivity contribution in [3.8, 4) is 11.1 Å². The number of carbonyl (C=O) groups is 3. The lowest BCUT2D eigenvalue weighted by atomic mass is 9.90. The fourth-order valence-electron chi connectivity index (χ4n) is 5.13. The molecule has 2 heterocycles. The van der Waals surface area contributed by atoms with E-state index < -0.39 is 5.92 Å². The third-order valence-corrected chi connectivity index (χ3v) is 7.40. The van der Waals surface area contributed by atoms with Crippen LogP contribution in [-0.2, 0) is 14.3 Å². The van der Waals surface area contributed by atoms with E-state index in [0.29, 0.717) is 18.5 Å². The van der Waals surface area contributed by atoms with Crippen molar-refractivity contribution in [2.45, 2.75) is 45.6 Å². The highest BCUT2D eigenvalue weighted by Gasteiger charge is 2.38. The van der Waals surface area contributed by atoms with Gasteiger partial charge < -0.3 is 15.4 Å². The Morgan fingerprint density at radius 2 is 1.65 bits per heavy atom. The second-order valence-electron chi connectivity index (χ2n) is 10.1. The van der Waals surface area contributed by atoms with Gasteiger partial charge in [0.1, 0.15) is 0 Å². The van der Waals surface area contributed by atoms with Crippen LogP contribution in [0.5, 0.6) is 0 Å². The minimum Gasteiger partial charge on any atom is -0.469 e. The van der Waals surface area contributed by atoms with Crippen LogP contribution in [0.4, 0.5) is 0 Å². The molecule has 37 heavy (non-hydrogen) atoms. The Morgan fingerprint density at radius 1 is 1.03 bits per heavy atom. The molecule has 2 aliphatic heterocycles. The number of esters is 1.